The highest BCUT2D eigenvalue weighted by Crippen LogP contribution is 2.27. The molecule has 0 atom stereocenters. The summed E-state index contributed by atoms with van der Waals surface area (Å²) in [6.07, 6.45) is 3.90. The van der Waals surface area contributed by atoms with Gasteiger partial charge in [-0.2, -0.15) is 10.00 Å². The van der Waals surface area contributed by atoms with E-state index in [0.717, 1.165) is 29.4 Å². The molecule has 0 spiro atoms. The second kappa shape index (κ2) is 12.9. The van der Waals surface area contributed by atoms with Crippen molar-refractivity contribution in [3.8, 4) is 11.1 Å². The van der Waals surface area contributed by atoms with Gasteiger partial charge < -0.3 is 9.47 Å². The molecule has 234 valence electrons. The third-order valence-electron chi connectivity index (χ3n) is 6.50. The number of carbonyl (C=O) groups excluding carboxylic acids is 4. The van der Waals surface area contributed by atoms with Crippen LogP contribution in [0.5, 0.6) is 0 Å². The van der Waals surface area contributed by atoms with Gasteiger partial charge in [0.1, 0.15) is 22.8 Å². The zero-order chi connectivity index (χ0) is 32.2. The first-order valence-electron chi connectivity index (χ1n) is 14.6. The zero-order valence-electron chi connectivity index (χ0n) is 26.4. The molecular weight excluding hydrogens is 564 g/mol. The van der Waals surface area contributed by atoms with Crippen LogP contribution in [0.3, 0.4) is 0 Å². The Morgan fingerprint density at radius 2 is 1.55 bits per heavy atom. The molecule has 0 aliphatic carbocycles. The second-order valence-electron chi connectivity index (χ2n) is 12.7. The average Bonchev–Trinajstić information content (AvgIpc) is 3.30. The molecular formula is C32H40N6O6. The van der Waals surface area contributed by atoms with Crippen molar-refractivity contribution in [2.45, 2.75) is 91.9 Å². The number of imide groups is 1. The van der Waals surface area contributed by atoms with E-state index in [1.54, 1.807) is 77.0 Å². The van der Waals surface area contributed by atoms with Crippen LogP contribution in [0.25, 0.3) is 11.1 Å². The zero-order valence-corrected chi connectivity index (χ0v) is 26.4. The van der Waals surface area contributed by atoms with E-state index >= 15 is 0 Å². The van der Waals surface area contributed by atoms with Crippen LogP contribution in [0.4, 0.5) is 21.1 Å². The fourth-order valence-corrected chi connectivity index (χ4v) is 4.64. The fraction of sp³-hybridized carbons (Fsp3) is 0.469. The van der Waals surface area contributed by atoms with Crippen LogP contribution in [0.2, 0.25) is 0 Å². The Bertz CT molecular complexity index is 1510. The number of amides is 3. The van der Waals surface area contributed by atoms with E-state index in [4.69, 9.17) is 9.47 Å². The Morgan fingerprint density at radius 1 is 0.864 bits per heavy atom. The van der Waals surface area contributed by atoms with Crippen molar-refractivity contribution in [2.75, 3.05) is 16.3 Å². The van der Waals surface area contributed by atoms with E-state index in [-0.39, 0.29) is 36.6 Å². The summed E-state index contributed by atoms with van der Waals surface area (Å²) in [6, 6.07) is 7.02. The minimum Gasteiger partial charge on any atom is -0.443 e. The number of hydrogen-bond donors (Lipinski definition) is 0. The lowest BCUT2D eigenvalue weighted by atomic mass is 10.1. The predicted molar refractivity (Wildman–Crippen MR) is 164 cm³/mol. The highest BCUT2D eigenvalue weighted by Gasteiger charge is 2.33. The Hall–Kier alpha value is -4.61. The van der Waals surface area contributed by atoms with E-state index in [9.17, 15) is 19.2 Å². The lowest BCUT2D eigenvalue weighted by Crippen LogP contribution is -2.43. The van der Waals surface area contributed by atoms with Gasteiger partial charge in [0, 0.05) is 67.6 Å². The number of carbonyl (C=O) groups is 4. The van der Waals surface area contributed by atoms with Gasteiger partial charge in [-0.1, -0.05) is 6.07 Å². The van der Waals surface area contributed by atoms with Crippen LogP contribution in [0, 0.1) is 6.92 Å². The molecule has 0 aromatic carbocycles. The second-order valence-corrected chi connectivity index (χ2v) is 12.7. The number of aromatic nitrogens is 4. The fourth-order valence-electron chi connectivity index (χ4n) is 4.64. The maximum absolute atomic E-state index is 13.0. The van der Waals surface area contributed by atoms with Crippen LogP contribution >= 0.6 is 0 Å². The van der Waals surface area contributed by atoms with Crippen LogP contribution in [0.15, 0.2) is 42.9 Å². The van der Waals surface area contributed by atoms with E-state index < -0.39 is 23.4 Å². The molecule has 4 heterocycles. The normalized spacial score (nSPS) is 13.2. The van der Waals surface area contributed by atoms with Gasteiger partial charge in [-0.15, -0.1) is 0 Å². The molecule has 44 heavy (non-hydrogen) atoms. The molecule has 0 saturated heterocycles. The molecule has 0 saturated carbocycles. The van der Waals surface area contributed by atoms with E-state index in [2.05, 4.69) is 15.1 Å². The number of anilines is 2. The van der Waals surface area contributed by atoms with Gasteiger partial charge in [0.05, 0.1) is 17.6 Å². The summed E-state index contributed by atoms with van der Waals surface area (Å²) >= 11 is 0. The van der Waals surface area contributed by atoms with Crippen molar-refractivity contribution < 1.29 is 28.7 Å². The molecule has 0 unspecified atom stereocenters. The summed E-state index contributed by atoms with van der Waals surface area (Å²) in [4.78, 5) is 62.8. The molecule has 1 aliphatic rings. The van der Waals surface area contributed by atoms with Gasteiger partial charge in [-0.3, -0.25) is 24.5 Å². The molecule has 12 heteroatoms. The standard InChI is InChI=1S/C32H40N6O6/c1-21-15-27-36(13-8-14-37(27)35-21)28(40)12-11-26(39)17-24-10-9-22(19-34-24)23-16-25(20-33-18-23)38(29(41)43-31(2,3)4)30(42)44-32(5,6)7/h9-10,15-16,18-20H,8,11-14,17H2,1-7H3. The van der Waals surface area contributed by atoms with Crippen molar-refractivity contribution in [3.05, 3.63) is 54.2 Å². The number of fused-ring (bicyclic) bond motifs is 1. The summed E-state index contributed by atoms with van der Waals surface area (Å²) < 4.78 is 12.8. The summed E-state index contributed by atoms with van der Waals surface area (Å²) in [5.74, 6) is 0.596. The third kappa shape index (κ3) is 8.48. The lowest BCUT2D eigenvalue weighted by molar-refractivity contribution is -0.123. The maximum Gasteiger partial charge on any atom is 0.424 e. The van der Waals surface area contributed by atoms with Crippen LogP contribution in [0.1, 0.15) is 72.2 Å². The predicted octanol–water partition coefficient (Wildman–Crippen LogP) is 5.65. The molecule has 3 amide bonds. The van der Waals surface area contributed by atoms with Crippen molar-refractivity contribution in [2.24, 2.45) is 0 Å². The van der Waals surface area contributed by atoms with Crippen LogP contribution in [-0.2, 0) is 32.0 Å². The first-order chi connectivity index (χ1) is 20.6. The minimum atomic E-state index is -0.891. The lowest BCUT2D eigenvalue weighted by Gasteiger charge is -2.28. The number of ether oxygens (including phenoxy) is 2. The van der Waals surface area contributed by atoms with Crippen molar-refractivity contribution in [1.29, 1.82) is 0 Å². The van der Waals surface area contributed by atoms with E-state index in [1.165, 1.54) is 6.20 Å². The highest BCUT2D eigenvalue weighted by atomic mass is 16.6. The number of nitrogens with zero attached hydrogens (tertiary/aromatic N) is 6. The largest absolute Gasteiger partial charge is 0.443 e. The van der Waals surface area contributed by atoms with Gasteiger partial charge in [0.15, 0.2) is 0 Å². The molecule has 3 aromatic rings. The van der Waals surface area contributed by atoms with Crippen molar-refractivity contribution in [3.63, 3.8) is 0 Å². The van der Waals surface area contributed by atoms with Crippen LogP contribution < -0.4 is 9.80 Å². The molecule has 4 rings (SSSR count). The number of aryl methyl sites for hydroxylation is 2. The van der Waals surface area contributed by atoms with E-state index in [0.29, 0.717) is 23.4 Å². The molecule has 12 nitrogen and oxygen atoms in total. The molecule has 0 N–H and O–H groups in total. The number of pyridine rings is 2. The smallest absolute Gasteiger partial charge is 0.424 e. The summed E-state index contributed by atoms with van der Waals surface area (Å²) in [7, 11) is 0. The Balaban J connectivity index is 1.42. The maximum atomic E-state index is 13.0. The molecule has 0 radical (unpaired) electrons. The number of Topliss-reactive ketones (excluding diaryl/α,β-unsaturated/α-hetero) is 1. The monoisotopic (exact) mass is 604 g/mol. The Morgan fingerprint density at radius 3 is 2.16 bits per heavy atom. The average molecular weight is 605 g/mol. The first kappa shape index (κ1) is 32.3. The Kier molecular flexibility index (Phi) is 9.50. The summed E-state index contributed by atoms with van der Waals surface area (Å²) in [5, 5.41) is 4.42. The molecule has 1 aliphatic heterocycles. The van der Waals surface area contributed by atoms with Gasteiger partial charge in [-0.05, 0) is 67.0 Å². The Labute approximate surface area is 257 Å². The van der Waals surface area contributed by atoms with Gasteiger partial charge in [0.2, 0.25) is 5.91 Å². The van der Waals surface area contributed by atoms with Crippen molar-refractivity contribution >= 4 is 35.4 Å². The highest BCUT2D eigenvalue weighted by molar-refractivity contribution is 6.09. The number of hydrogen-bond acceptors (Lipinski definition) is 9. The molecule has 3 aromatic heterocycles. The van der Waals surface area contributed by atoms with Crippen molar-refractivity contribution in [1.82, 2.24) is 19.7 Å². The van der Waals surface area contributed by atoms with Gasteiger partial charge in [-0.25, -0.2) is 14.3 Å². The topological polar surface area (TPSA) is 137 Å². The van der Waals surface area contributed by atoms with E-state index in [1.807, 2.05) is 17.7 Å². The minimum absolute atomic E-state index is 0.0886. The summed E-state index contributed by atoms with van der Waals surface area (Å²) in [6.45, 7) is 13.5. The third-order valence-corrected chi connectivity index (χ3v) is 6.50. The summed E-state index contributed by atoms with van der Waals surface area (Å²) in [5.41, 5.74) is 1.15. The molecule has 0 bridgehead atoms. The number of rotatable bonds is 7. The quantitative estimate of drug-likeness (QED) is 0.335. The number of ketones is 1. The first-order valence-corrected chi connectivity index (χ1v) is 14.6. The van der Waals surface area contributed by atoms with Crippen LogP contribution in [-0.4, -0.2) is 61.4 Å². The molecule has 0 fully saturated rings. The van der Waals surface area contributed by atoms with Gasteiger partial charge in [0.25, 0.3) is 0 Å². The van der Waals surface area contributed by atoms with Gasteiger partial charge >= 0.3 is 12.2 Å². The SMILES string of the molecule is Cc1cc2n(n1)CCCN2C(=O)CCC(=O)Cc1ccc(-c2cncc(N(C(=O)OC(C)(C)C)C(=O)OC(C)(C)C)c2)cn1.